The molecule has 1 saturated carbocycles. The Morgan fingerprint density at radius 3 is 2.58 bits per heavy atom. The Hall–Kier alpha value is -2.35. The zero-order chi connectivity index (χ0) is 18.9. The van der Waals surface area contributed by atoms with Crippen molar-refractivity contribution in [1.29, 1.82) is 0 Å². The monoisotopic (exact) mass is 366 g/mol. The van der Waals surface area contributed by atoms with Crippen LogP contribution in [0.2, 0.25) is 0 Å². The highest BCUT2D eigenvalue weighted by atomic mass is 19.4. The Bertz CT molecular complexity index is 790. The fourth-order valence-electron chi connectivity index (χ4n) is 2.60. The lowest BCUT2D eigenvalue weighted by atomic mass is 10.1. The predicted octanol–water partition coefficient (Wildman–Crippen LogP) is 4.22. The minimum absolute atomic E-state index is 0.0767. The summed E-state index contributed by atoms with van der Waals surface area (Å²) in [5.41, 5.74) is 0.651. The number of halogens is 3. The largest absolute Gasteiger partial charge is 0.416 e. The normalized spacial score (nSPS) is 15.6. The molecule has 3 rings (SSSR count). The predicted molar refractivity (Wildman–Crippen MR) is 93.6 cm³/mol. The maximum Gasteiger partial charge on any atom is 0.416 e. The molecule has 0 bridgehead atoms. The first kappa shape index (κ1) is 18.4. The van der Waals surface area contributed by atoms with Gasteiger partial charge in [0.1, 0.15) is 5.82 Å². The molecule has 1 atom stereocenters. The number of hydrogen-bond donors (Lipinski definition) is 3. The molecule has 8 heteroatoms. The number of hydrogen-bond acceptors (Lipinski definition) is 5. The number of benzene rings is 1. The number of rotatable bonds is 6. The Balaban J connectivity index is 1.89. The Morgan fingerprint density at radius 1 is 1.23 bits per heavy atom. The molecule has 1 aliphatic rings. The number of nitrogens with one attached hydrogen (secondary N) is 2. The summed E-state index contributed by atoms with van der Waals surface area (Å²) in [5.74, 6) is 1.13. The summed E-state index contributed by atoms with van der Waals surface area (Å²) >= 11 is 0. The lowest BCUT2D eigenvalue weighted by Crippen LogP contribution is -2.21. The number of aliphatic hydroxyl groups excluding tert-OH is 1. The topological polar surface area (TPSA) is 70.1 Å². The Labute approximate surface area is 149 Å². The maximum atomic E-state index is 13.1. The molecule has 0 unspecified atom stereocenters. The van der Waals surface area contributed by atoms with Gasteiger partial charge in [0.2, 0.25) is 5.95 Å². The number of aliphatic hydroxyl groups is 1. The van der Waals surface area contributed by atoms with Crippen LogP contribution in [0.15, 0.2) is 24.3 Å². The second kappa shape index (κ2) is 7.11. The van der Waals surface area contributed by atoms with E-state index in [1.807, 2.05) is 0 Å². The fraction of sp³-hybridized carbons (Fsp3) is 0.444. The van der Waals surface area contributed by atoms with E-state index in [-0.39, 0.29) is 18.2 Å². The van der Waals surface area contributed by atoms with Gasteiger partial charge < -0.3 is 15.7 Å². The van der Waals surface area contributed by atoms with E-state index in [2.05, 4.69) is 20.6 Å². The fourth-order valence-corrected chi connectivity index (χ4v) is 2.60. The van der Waals surface area contributed by atoms with E-state index in [4.69, 9.17) is 0 Å². The van der Waals surface area contributed by atoms with Crippen LogP contribution < -0.4 is 10.6 Å². The van der Waals surface area contributed by atoms with Gasteiger partial charge in [-0.2, -0.15) is 18.2 Å². The summed E-state index contributed by atoms with van der Waals surface area (Å²) in [5, 5.41) is 15.1. The molecule has 1 aliphatic carbocycles. The van der Waals surface area contributed by atoms with Crippen molar-refractivity contribution in [3.63, 3.8) is 0 Å². The van der Waals surface area contributed by atoms with Gasteiger partial charge in [-0.1, -0.05) is 6.07 Å². The SMILES string of the molecule is Cc1ccc(Nc2cc(C3CC3)nc(N[C@H](C)CO)n2)cc1C(F)(F)F. The van der Waals surface area contributed by atoms with Crippen molar-refractivity contribution in [1.82, 2.24) is 9.97 Å². The van der Waals surface area contributed by atoms with E-state index in [9.17, 15) is 18.3 Å². The molecule has 1 fully saturated rings. The molecule has 0 amide bonds. The molecule has 2 aromatic rings. The van der Waals surface area contributed by atoms with Gasteiger partial charge >= 0.3 is 6.18 Å². The average Bonchev–Trinajstić information content (AvgIpc) is 3.40. The molecule has 5 nitrogen and oxygen atoms in total. The third-order valence-corrected chi connectivity index (χ3v) is 4.21. The van der Waals surface area contributed by atoms with Crippen molar-refractivity contribution in [2.45, 2.75) is 44.8 Å². The van der Waals surface area contributed by atoms with Crippen molar-refractivity contribution in [2.75, 3.05) is 17.2 Å². The number of nitrogens with zero attached hydrogens (tertiary/aromatic N) is 2. The molecule has 140 valence electrons. The van der Waals surface area contributed by atoms with Gasteiger partial charge in [-0.05, 0) is 44.4 Å². The number of aryl methyl sites for hydroxylation is 1. The van der Waals surface area contributed by atoms with Gasteiger partial charge in [-0.15, -0.1) is 0 Å². The van der Waals surface area contributed by atoms with Crippen LogP contribution in [0.1, 0.15) is 42.5 Å². The van der Waals surface area contributed by atoms with E-state index in [1.54, 1.807) is 19.1 Å². The molecule has 1 aromatic carbocycles. The molecule has 0 radical (unpaired) electrons. The summed E-state index contributed by atoms with van der Waals surface area (Å²) in [7, 11) is 0. The smallest absolute Gasteiger partial charge is 0.394 e. The first-order valence-corrected chi connectivity index (χ1v) is 8.47. The Morgan fingerprint density at radius 2 is 1.96 bits per heavy atom. The second-order valence-corrected chi connectivity index (χ2v) is 6.66. The number of anilines is 3. The second-order valence-electron chi connectivity index (χ2n) is 6.66. The van der Waals surface area contributed by atoms with Crippen molar-refractivity contribution < 1.29 is 18.3 Å². The van der Waals surface area contributed by atoms with Crippen LogP contribution >= 0.6 is 0 Å². The summed E-state index contributed by atoms with van der Waals surface area (Å²) in [6.07, 6.45) is -2.34. The molecule has 3 N–H and O–H groups in total. The Kier molecular flexibility index (Phi) is 5.04. The standard InChI is InChI=1S/C18H21F3N4O/c1-10-3-6-13(7-14(10)18(19,20)21)23-16-8-15(12-4-5-12)24-17(25-16)22-11(2)9-26/h3,6-8,11-12,26H,4-5,9H2,1-2H3,(H2,22,23,24,25)/t11-/m1/s1. The first-order chi connectivity index (χ1) is 12.3. The molecule has 1 aromatic heterocycles. The molecule has 0 aliphatic heterocycles. The van der Waals surface area contributed by atoms with Crippen LogP contribution in [0.25, 0.3) is 0 Å². The van der Waals surface area contributed by atoms with Crippen LogP contribution in [-0.2, 0) is 6.18 Å². The minimum Gasteiger partial charge on any atom is -0.394 e. The van der Waals surface area contributed by atoms with E-state index >= 15 is 0 Å². The van der Waals surface area contributed by atoms with Crippen LogP contribution in [0.4, 0.5) is 30.6 Å². The van der Waals surface area contributed by atoms with Crippen LogP contribution in [0.5, 0.6) is 0 Å². The zero-order valence-electron chi connectivity index (χ0n) is 14.6. The summed E-state index contributed by atoms with van der Waals surface area (Å²) in [4.78, 5) is 8.76. The maximum absolute atomic E-state index is 13.1. The molecule has 0 spiro atoms. The van der Waals surface area contributed by atoms with Crippen molar-refractivity contribution in [3.8, 4) is 0 Å². The van der Waals surface area contributed by atoms with Crippen molar-refractivity contribution in [2.24, 2.45) is 0 Å². The van der Waals surface area contributed by atoms with Gasteiger partial charge in [-0.25, -0.2) is 4.98 Å². The number of aromatic nitrogens is 2. The van der Waals surface area contributed by atoms with E-state index in [1.165, 1.54) is 13.0 Å². The number of alkyl halides is 3. The molecule has 0 saturated heterocycles. The van der Waals surface area contributed by atoms with Gasteiger partial charge in [0.05, 0.1) is 17.9 Å². The van der Waals surface area contributed by atoms with Gasteiger partial charge in [0, 0.05) is 23.7 Å². The van der Waals surface area contributed by atoms with Gasteiger partial charge in [0.25, 0.3) is 0 Å². The lowest BCUT2D eigenvalue weighted by molar-refractivity contribution is -0.138. The van der Waals surface area contributed by atoms with E-state index in [0.717, 1.165) is 24.6 Å². The average molecular weight is 366 g/mol. The van der Waals surface area contributed by atoms with Crippen molar-refractivity contribution in [3.05, 3.63) is 41.1 Å². The molecule has 26 heavy (non-hydrogen) atoms. The van der Waals surface area contributed by atoms with E-state index in [0.29, 0.717) is 23.4 Å². The lowest BCUT2D eigenvalue weighted by Gasteiger charge is -2.15. The molecular weight excluding hydrogens is 345 g/mol. The highest BCUT2D eigenvalue weighted by Gasteiger charge is 2.32. The van der Waals surface area contributed by atoms with Crippen LogP contribution in [0.3, 0.4) is 0 Å². The van der Waals surface area contributed by atoms with Crippen molar-refractivity contribution >= 4 is 17.5 Å². The highest BCUT2D eigenvalue weighted by molar-refractivity contribution is 5.60. The summed E-state index contributed by atoms with van der Waals surface area (Å²) < 4.78 is 39.3. The first-order valence-electron chi connectivity index (χ1n) is 8.47. The third-order valence-electron chi connectivity index (χ3n) is 4.21. The van der Waals surface area contributed by atoms with E-state index < -0.39 is 11.7 Å². The summed E-state index contributed by atoms with van der Waals surface area (Å²) in [6, 6.07) is 5.64. The zero-order valence-corrected chi connectivity index (χ0v) is 14.6. The quantitative estimate of drug-likeness (QED) is 0.714. The van der Waals surface area contributed by atoms with Crippen LogP contribution in [-0.4, -0.2) is 27.7 Å². The third kappa shape index (κ3) is 4.43. The highest BCUT2D eigenvalue weighted by Crippen LogP contribution is 2.40. The summed E-state index contributed by atoms with van der Waals surface area (Å²) in [6.45, 7) is 3.14. The van der Waals surface area contributed by atoms with Crippen LogP contribution in [0, 0.1) is 6.92 Å². The van der Waals surface area contributed by atoms with Gasteiger partial charge in [-0.3, -0.25) is 0 Å². The van der Waals surface area contributed by atoms with Gasteiger partial charge in [0.15, 0.2) is 0 Å². The minimum atomic E-state index is -4.41. The molecular formula is C18H21F3N4O. The molecule has 1 heterocycles.